The fraction of sp³-hybridized carbons (Fsp3) is 0.167. The number of nitriles is 1. The number of aromatic hydroxyl groups is 1. The summed E-state index contributed by atoms with van der Waals surface area (Å²) in [5, 5.41) is 20.8. The molecule has 1 N–H and O–H groups in total. The predicted molar refractivity (Wildman–Crippen MR) is 85.3 cm³/mol. The van der Waals surface area contributed by atoms with Crippen molar-refractivity contribution in [1.29, 1.82) is 5.26 Å². The van der Waals surface area contributed by atoms with Crippen molar-refractivity contribution in [2.45, 2.75) is 19.8 Å². The lowest BCUT2D eigenvalue weighted by atomic mass is 10.1. The predicted octanol–water partition coefficient (Wildman–Crippen LogP) is 4.47. The van der Waals surface area contributed by atoms with Gasteiger partial charge in [0.15, 0.2) is 5.88 Å². The lowest BCUT2D eigenvalue weighted by Gasteiger charge is -2.10. The third kappa shape index (κ3) is 3.53. The Balaban J connectivity index is 1.89. The minimum Gasteiger partial charge on any atom is -0.494 e. The smallest absolute Gasteiger partial charge is 0.494 e. The highest BCUT2D eigenvalue weighted by Crippen LogP contribution is 2.32. The summed E-state index contributed by atoms with van der Waals surface area (Å²) in [6.07, 6.45) is -3.02. The van der Waals surface area contributed by atoms with E-state index in [0.29, 0.717) is 16.5 Å². The number of alkyl halides is 3. The van der Waals surface area contributed by atoms with Gasteiger partial charge in [0.05, 0.1) is 18.2 Å². The Morgan fingerprint density at radius 2 is 1.88 bits per heavy atom. The van der Waals surface area contributed by atoms with Crippen LogP contribution < -0.4 is 4.74 Å². The van der Waals surface area contributed by atoms with E-state index >= 15 is 0 Å². The fourth-order valence-corrected chi connectivity index (χ4v) is 2.77. The summed E-state index contributed by atoms with van der Waals surface area (Å²) in [6.45, 7) is 2.07. The molecule has 0 radical (unpaired) electrons. The van der Waals surface area contributed by atoms with Crippen molar-refractivity contribution in [2.75, 3.05) is 0 Å². The first-order chi connectivity index (χ1) is 11.8. The van der Waals surface area contributed by atoms with Crippen LogP contribution in [0.3, 0.4) is 0 Å². The summed E-state index contributed by atoms with van der Waals surface area (Å²) in [4.78, 5) is 0. The van der Waals surface area contributed by atoms with E-state index in [2.05, 4.69) is 10.8 Å². The van der Waals surface area contributed by atoms with E-state index in [1.165, 1.54) is 24.3 Å². The second-order valence-corrected chi connectivity index (χ2v) is 5.64. The van der Waals surface area contributed by atoms with Crippen LogP contribution in [0.1, 0.15) is 16.7 Å². The molecule has 0 aliphatic heterocycles. The van der Waals surface area contributed by atoms with Crippen LogP contribution in [0.25, 0.3) is 10.8 Å². The van der Waals surface area contributed by atoms with Gasteiger partial charge in [-0.1, -0.05) is 12.1 Å². The van der Waals surface area contributed by atoms with Crippen molar-refractivity contribution in [3.63, 3.8) is 0 Å². The molecule has 0 spiro atoms. The number of aryl methyl sites for hydroxylation is 1. The molecule has 0 aliphatic carbocycles. The summed E-state index contributed by atoms with van der Waals surface area (Å²) in [6, 6.07) is 10.9. The zero-order valence-corrected chi connectivity index (χ0v) is 13.1. The van der Waals surface area contributed by atoms with Gasteiger partial charge in [-0.05, 0) is 42.3 Å². The summed E-state index contributed by atoms with van der Waals surface area (Å²) in [7, 11) is 0. The molecule has 0 bridgehead atoms. The summed E-state index contributed by atoms with van der Waals surface area (Å²) < 4.78 is 41.9. The third-order valence-electron chi connectivity index (χ3n) is 3.80. The van der Waals surface area contributed by atoms with Crippen LogP contribution in [-0.2, 0) is 6.54 Å². The second kappa shape index (κ2) is 6.06. The summed E-state index contributed by atoms with van der Waals surface area (Å²) >= 11 is 0. The molecule has 7 heteroatoms. The van der Waals surface area contributed by atoms with E-state index in [-0.39, 0.29) is 18.2 Å². The van der Waals surface area contributed by atoms with Gasteiger partial charge in [-0.2, -0.15) is 5.26 Å². The maximum atomic E-state index is 12.2. The first kappa shape index (κ1) is 16.7. The maximum Gasteiger partial charge on any atom is 0.573 e. The van der Waals surface area contributed by atoms with Crippen LogP contribution >= 0.6 is 0 Å². The second-order valence-electron chi connectivity index (χ2n) is 5.64. The number of nitrogens with zero attached hydrogens (tertiary/aromatic N) is 2. The van der Waals surface area contributed by atoms with Crippen LogP contribution in [-0.4, -0.2) is 16.0 Å². The molecule has 1 heterocycles. The van der Waals surface area contributed by atoms with Gasteiger partial charge in [0.25, 0.3) is 0 Å². The Morgan fingerprint density at radius 3 is 2.48 bits per heavy atom. The van der Waals surface area contributed by atoms with Crippen molar-refractivity contribution < 1.29 is 23.0 Å². The van der Waals surface area contributed by atoms with E-state index in [1.54, 1.807) is 29.8 Å². The fourth-order valence-electron chi connectivity index (χ4n) is 2.77. The first-order valence-corrected chi connectivity index (χ1v) is 7.34. The Hall–Kier alpha value is -3.14. The van der Waals surface area contributed by atoms with Gasteiger partial charge in [-0.25, -0.2) is 0 Å². The van der Waals surface area contributed by atoms with Crippen molar-refractivity contribution in [1.82, 2.24) is 4.57 Å². The molecule has 3 rings (SSSR count). The van der Waals surface area contributed by atoms with Crippen molar-refractivity contribution in [3.05, 3.63) is 59.3 Å². The van der Waals surface area contributed by atoms with Crippen LogP contribution in [0, 0.1) is 18.3 Å². The average Bonchev–Trinajstić information content (AvgIpc) is 2.84. The third-order valence-corrected chi connectivity index (χ3v) is 3.80. The minimum absolute atomic E-state index is 0.0487. The number of ether oxygens (including phenoxy) is 1. The van der Waals surface area contributed by atoms with Crippen LogP contribution in [0.5, 0.6) is 11.6 Å². The number of hydrogen-bond donors (Lipinski definition) is 1. The van der Waals surface area contributed by atoms with Crippen molar-refractivity contribution in [3.8, 4) is 17.7 Å². The number of rotatable bonds is 3. The molecule has 1 aromatic heterocycles. The number of fused-ring (bicyclic) bond motifs is 1. The molecule has 25 heavy (non-hydrogen) atoms. The largest absolute Gasteiger partial charge is 0.573 e. The zero-order valence-electron chi connectivity index (χ0n) is 13.1. The molecule has 0 fully saturated rings. The van der Waals surface area contributed by atoms with E-state index < -0.39 is 6.36 Å². The molecule has 128 valence electrons. The molecule has 3 aromatic rings. The highest BCUT2D eigenvalue weighted by Gasteiger charge is 2.30. The average molecular weight is 346 g/mol. The topological polar surface area (TPSA) is 58.2 Å². The van der Waals surface area contributed by atoms with Gasteiger partial charge in [0.2, 0.25) is 0 Å². The molecular formula is C18H13F3N2O2. The Kier molecular flexibility index (Phi) is 4.05. The zero-order chi connectivity index (χ0) is 18.2. The molecule has 2 aromatic carbocycles. The highest BCUT2D eigenvalue weighted by molar-refractivity contribution is 5.92. The number of hydrogen-bond acceptors (Lipinski definition) is 3. The Morgan fingerprint density at radius 1 is 1.20 bits per heavy atom. The van der Waals surface area contributed by atoms with E-state index in [9.17, 15) is 18.3 Å². The van der Waals surface area contributed by atoms with Gasteiger partial charge in [0, 0.05) is 17.0 Å². The Labute approximate surface area is 141 Å². The maximum absolute atomic E-state index is 12.2. The molecule has 0 saturated heterocycles. The summed E-state index contributed by atoms with van der Waals surface area (Å²) in [5.74, 6) is -0.250. The number of benzene rings is 2. The SMILES string of the molecule is Cc1cc(C#N)cc2cn(Cc3ccc(OC(F)(F)F)cc3)c(O)c12. The standard InChI is InChI=1S/C18H13F3N2O2/c1-11-6-13(8-22)7-14-10-23(17(24)16(11)14)9-12-2-4-15(5-3-12)25-18(19,20)21/h2-7,10,24H,9H2,1H3. The van der Waals surface area contributed by atoms with Gasteiger partial charge in [-0.15, -0.1) is 13.2 Å². The van der Waals surface area contributed by atoms with E-state index in [0.717, 1.165) is 10.9 Å². The molecular weight excluding hydrogens is 333 g/mol. The molecule has 0 atom stereocenters. The summed E-state index contributed by atoms with van der Waals surface area (Å²) in [5.41, 5.74) is 1.97. The molecule has 4 nitrogen and oxygen atoms in total. The molecule has 0 saturated carbocycles. The lowest BCUT2D eigenvalue weighted by Crippen LogP contribution is -2.17. The molecule has 0 aliphatic rings. The van der Waals surface area contributed by atoms with E-state index in [4.69, 9.17) is 5.26 Å². The van der Waals surface area contributed by atoms with Crippen molar-refractivity contribution in [2.24, 2.45) is 0 Å². The molecule has 0 unspecified atom stereocenters. The van der Waals surface area contributed by atoms with Crippen LogP contribution in [0.2, 0.25) is 0 Å². The van der Waals surface area contributed by atoms with Gasteiger partial charge >= 0.3 is 6.36 Å². The molecule has 0 amide bonds. The van der Waals surface area contributed by atoms with Crippen molar-refractivity contribution >= 4 is 10.8 Å². The monoisotopic (exact) mass is 346 g/mol. The van der Waals surface area contributed by atoms with Gasteiger partial charge in [0.1, 0.15) is 5.75 Å². The lowest BCUT2D eigenvalue weighted by molar-refractivity contribution is -0.274. The quantitative estimate of drug-likeness (QED) is 0.761. The van der Waals surface area contributed by atoms with Gasteiger partial charge in [-0.3, -0.25) is 0 Å². The first-order valence-electron chi connectivity index (χ1n) is 7.34. The van der Waals surface area contributed by atoms with Crippen LogP contribution in [0.4, 0.5) is 13.2 Å². The highest BCUT2D eigenvalue weighted by atomic mass is 19.4. The van der Waals surface area contributed by atoms with Crippen LogP contribution in [0.15, 0.2) is 42.6 Å². The Bertz CT molecular complexity index is 967. The number of aromatic nitrogens is 1. The number of halogens is 3. The van der Waals surface area contributed by atoms with Gasteiger partial charge < -0.3 is 14.4 Å². The minimum atomic E-state index is -4.73. The van der Waals surface area contributed by atoms with E-state index in [1.807, 2.05) is 0 Å². The normalized spacial score (nSPS) is 11.5.